The second kappa shape index (κ2) is 8.90. The number of benzene rings is 2. The average Bonchev–Trinajstić information content (AvgIpc) is 3.26. The van der Waals surface area contributed by atoms with Gasteiger partial charge in [-0.05, 0) is 18.6 Å². The molecule has 8 nitrogen and oxygen atoms in total. The van der Waals surface area contributed by atoms with Crippen LogP contribution in [0, 0.1) is 0 Å². The molecular weight excluding hydrogens is 475 g/mol. The molecule has 2 heterocycles. The smallest absolute Gasteiger partial charge is 0.416 e. The number of hydrogen-bond acceptors (Lipinski definition) is 6. The Kier molecular flexibility index (Phi) is 6.13. The SMILES string of the molecule is COc1cc(NC(=O)C2=C(C)Nc3ncnn3[C@@H]2c2ccccc2C(F)(F)F)c(OC)cc1Cl. The molecule has 2 N–H and O–H groups in total. The number of aromatic nitrogens is 3. The summed E-state index contributed by atoms with van der Waals surface area (Å²) in [4.78, 5) is 17.6. The number of alkyl halides is 3. The molecule has 0 saturated heterocycles. The number of ether oxygens (including phenoxy) is 2. The molecule has 1 atom stereocenters. The topological polar surface area (TPSA) is 90.3 Å². The number of carbonyl (C=O) groups excluding carboxylic acids is 1. The number of rotatable bonds is 5. The summed E-state index contributed by atoms with van der Waals surface area (Å²) in [7, 11) is 2.80. The number of fused-ring (bicyclic) bond motifs is 1. The zero-order valence-corrected chi connectivity index (χ0v) is 19.0. The van der Waals surface area contributed by atoms with Crippen molar-refractivity contribution >= 4 is 29.1 Å². The lowest BCUT2D eigenvalue weighted by atomic mass is 9.91. The Labute approximate surface area is 197 Å². The molecule has 178 valence electrons. The van der Waals surface area contributed by atoms with Gasteiger partial charge in [-0.15, -0.1) is 0 Å². The summed E-state index contributed by atoms with van der Waals surface area (Å²) < 4.78 is 53.4. The zero-order valence-electron chi connectivity index (χ0n) is 18.2. The van der Waals surface area contributed by atoms with E-state index in [1.807, 2.05) is 0 Å². The van der Waals surface area contributed by atoms with E-state index in [4.69, 9.17) is 21.1 Å². The van der Waals surface area contributed by atoms with Gasteiger partial charge in [-0.1, -0.05) is 29.8 Å². The molecule has 12 heteroatoms. The molecule has 0 radical (unpaired) electrons. The van der Waals surface area contributed by atoms with Crippen molar-refractivity contribution in [3.8, 4) is 11.5 Å². The van der Waals surface area contributed by atoms with Gasteiger partial charge in [-0.3, -0.25) is 4.79 Å². The third kappa shape index (κ3) is 4.14. The van der Waals surface area contributed by atoms with E-state index in [0.717, 1.165) is 6.07 Å². The molecule has 0 unspecified atom stereocenters. The highest BCUT2D eigenvalue weighted by Crippen LogP contribution is 2.42. The maximum atomic E-state index is 13.9. The Morgan fingerprint density at radius 1 is 1.18 bits per heavy atom. The van der Waals surface area contributed by atoms with Gasteiger partial charge in [0.2, 0.25) is 5.95 Å². The molecule has 0 bridgehead atoms. The summed E-state index contributed by atoms with van der Waals surface area (Å²) in [5.74, 6) is 0.0650. The molecule has 0 spiro atoms. The highest BCUT2D eigenvalue weighted by Gasteiger charge is 2.40. The van der Waals surface area contributed by atoms with Crippen LogP contribution in [-0.2, 0) is 11.0 Å². The lowest BCUT2D eigenvalue weighted by Crippen LogP contribution is -2.32. The van der Waals surface area contributed by atoms with Gasteiger partial charge in [0.15, 0.2) is 0 Å². The molecule has 34 heavy (non-hydrogen) atoms. The number of halogens is 4. The molecule has 1 amide bonds. The summed E-state index contributed by atoms with van der Waals surface area (Å²) in [6.45, 7) is 1.58. The summed E-state index contributed by atoms with van der Waals surface area (Å²) in [5, 5.41) is 9.97. The molecule has 4 rings (SSSR count). The molecule has 0 saturated carbocycles. The van der Waals surface area contributed by atoms with E-state index in [1.165, 1.54) is 55.6 Å². The summed E-state index contributed by atoms with van der Waals surface area (Å²) in [6, 6.07) is 6.77. The predicted octanol–water partition coefficient (Wildman–Crippen LogP) is 4.90. The van der Waals surface area contributed by atoms with E-state index >= 15 is 0 Å². The van der Waals surface area contributed by atoms with Crippen LogP contribution in [0.15, 0.2) is 54.0 Å². The molecular formula is C22H19ClF3N5O3. The van der Waals surface area contributed by atoms with Crippen molar-refractivity contribution in [1.29, 1.82) is 0 Å². The molecule has 2 aromatic carbocycles. The Morgan fingerprint density at radius 2 is 1.88 bits per heavy atom. The van der Waals surface area contributed by atoms with Crippen molar-refractivity contribution in [3.63, 3.8) is 0 Å². The van der Waals surface area contributed by atoms with Crippen LogP contribution in [0.5, 0.6) is 11.5 Å². The van der Waals surface area contributed by atoms with Gasteiger partial charge in [0, 0.05) is 17.8 Å². The lowest BCUT2D eigenvalue weighted by molar-refractivity contribution is -0.138. The first-order valence-corrected chi connectivity index (χ1v) is 10.3. The van der Waals surface area contributed by atoms with Crippen LogP contribution in [0.3, 0.4) is 0 Å². The van der Waals surface area contributed by atoms with E-state index in [0.29, 0.717) is 5.70 Å². The van der Waals surface area contributed by atoms with E-state index in [-0.39, 0.29) is 39.3 Å². The minimum absolute atomic E-state index is 0.0191. The van der Waals surface area contributed by atoms with Gasteiger partial charge in [0.25, 0.3) is 5.91 Å². The number of allylic oxidation sites excluding steroid dienone is 1. The first-order valence-electron chi connectivity index (χ1n) is 9.92. The molecule has 1 aliphatic rings. The molecule has 3 aromatic rings. The number of methoxy groups -OCH3 is 2. The second-order valence-electron chi connectivity index (χ2n) is 7.32. The lowest BCUT2D eigenvalue weighted by Gasteiger charge is -2.30. The van der Waals surface area contributed by atoms with E-state index < -0.39 is 23.7 Å². The molecule has 0 fully saturated rings. The van der Waals surface area contributed by atoms with Crippen molar-refractivity contribution in [2.45, 2.75) is 19.1 Å². The van der Waals surface area contributed by atoms with Crippen LogP contribution in [0.1, 0.15) is 24.1 Å². The molecule has 0 aliphatic carbocycles. The highest BCUT2D eigenvalue weighted by molar-refractivity contribution is 6.32. The Bertz CT molecular complexity index is 1290. The molecule has 1 aliphatic heterocycles. The van der Waals surface area contributed by atoms with E-state index in [9.17, 15) is 18.0 Å². The minimum atomic E-state index is -4.65. The van der Waals surface area contributed by atoms with Crippen LogP contribution in [0.25, 0.3) is 0 Å². The maximum Gasteiger partial charge on any atom is 0.416 e. The quantitative estimate of drug-likeness (QED) is 0.525. The number of nitrogens with zero attached hydrogens (tertiary/aromatic N) is 3. The highest BCUT2D eigenvalue weighted by atomic mass is 35.5. The van der Waals surface area contributed by atoms with Crippen molar-refractivity contribution in [2.24, 2.45) is 0 Å². The predicted molar refractivity (Wildman–Crippen MR) is 119 cm³/mol. The van der Waals surface area contributed by atoms with Crippen LogP contribution >= 0.6 is 11.6 Å². The average molecular weight is 494 g/mol. The van der Waals surface area contributed by atoms with Crippen molar-refractivity contribution in [2.75, 3.05) is 24.9 Å². The third-order valence-electron chi connectivity index (χ3n) is 5.32. The van der Waals surface area contributed by atoms with E-state index in [1.54, 1.807) is 6.92 Å². The van der Waals surface area contributed by atoms with Gasteiger partial charge in [-0.2, -0.15) is 23.3 Å². The molecule has 1 aromatic heterocycles. The van der Waals surface area contributed by atoms with E-state index in [2.05, 4.69) is 20.7 Å². The number of carbonyl (C=O) groups is 1. The zero-order chi connectivity index (χ0) is 24.6. The summed E-state index contributed by atoms with van der Waals surface area (Å²) >= 11 is 6.13. The van der Waals surface area contributed by atoms with Crippen LogP contribution < -0.4 is 20.1 Å². The van der Waals surface area contributed by atoms with Crippen LogP contribution in [0.4, 0.5) is 24.8 Å². The fourth-order valence-corrected chi connectivity index (χ4v) is 4.04. The Balaban J connectivity index is 1.83. The van der Waals surface area contributed by atoms with Crippen LogP contribution in [-0.4, -0.2) is 34.9 Å². The first kappa shape index (κ1) is 23.4. The standard InChI is InChI=1S/C22H19ClF3N5O3/c1-11-18(20(32)30-15-9-16(33-2)14(23)8-17(15)34-3)19(31-21(29-11)27-10-28-31)12-6-4-5-7-13(12)22(24,25)26/h4-10,19H,1-3H3,(H,30,32)(H,27,28,29)/t19-/m1/s1. The van der Waals surface area contributed by atoms with Gasteiger partial charge >= 0.3 is 6.18 Å². The third-order valence-corrected chi connectivity index (χ3v) is 5.62. The largest absolute Gasteiger partial charge is 0.495 e. The minimum Gasteiger partial charge on any atom is -0.495 e. The summed E-state index contributed by atoms with van der Waals surface area (Å²) in [6.07, 6.45) is -3.45. The number of nitrogens with one attached hydrogen (secondary N) is 2. The van der Waals surface area contributed by atoms with Crippen LogP contribution in [0.2, 0.25) is 5.02 Å². The van der Waals surface area contributed by atoms with Gasteiger partial charge in [0.1, 0.15) is 23.9 Å². The van der Waals surface area contributed by atoms with Crippen molar-refractivity contribution in [3.05, 3.63) is 70.1 Å². The maximum absolute atomic E-state index is 13.9. The second-order valence-corrected chi connectivity index (χ2v) is 7.73. The number of hydrogen-bond donors (Lipinski definition) is 2. The van der Waals surface area contributed by atoms with Gasteiger partial charge in [0.05, 0.1) is 36.1 Å². The Hall–Kier alpha value is -3.73. The van der Waals surface area contributed by atoms with Gasteiger partial charge < -0.3 is 20.1 Å². The monoisotopic (exact) mass is 493 g/mol. The van der Waals surface area contributed by atoms with Gasteiger partial charge in [-0.25, -0.2) is 4.68 Å². The normalized spacial score (nSPS) is 15.4. The van der Waals surface area contributed by atoms with Crippen molar-refractivity contribution in [1.82, 2.24) is 14.8 Å². The Morgan fingerprint density at radius 3 is 2.56 bits per heavy atom. The number of amides is 1. The fourth-order valence-electron chi connectivity index (χ4n) is 3.81. The first-order chi connectivity index (χ1) is 16.2. The number of anilines is 2. The fraction of sp³-hybridized carbons (Fsp3) is 0.227. The summed E-state index contributed by atoms with van der Waals surface area (Å²) in [5.41, 5.74) is -0.465. The van der Waals surface area contributed by atoms with Crippen molar-refractivity contribution < 1.29 is 27.4 Å².